The topological polar surface area (TPSA) is 38.7 Å². The van der Waals surface area contributed by atoms with Crippen LogP contribution in [0.25, 0.3) is 142 Å². The lowest BCUT2D eigenvalue weighted by Crippen LogP contribution is -2.01. The van der Waals surface area contributed by atoms with E-state index in [1.807, 2.05) is 18.2 Å². The van der Waals surface area contributed by atoms with Crippen LogP contribution in [0.2, 0.25) is 0 Å². The van der Waals surface area contributed by atoms with Crippen LogP contribution >= 0.6 is 11.3 Å². The maximum atomic E-state index is 5.34. The number of fused-ring (bicyclic) bond motifs is 3. The van der Waals surface area contributed by atoms with Crippen molar-refractivity contribution in [1.82, 2.24) is 15.0 Å². The van der Waals surface area contributed by atoms with Crippen molar-refractivity contribution in [3.63, 3.8) is 0 Å². The average Bonchev–Trinajstić information content (AvgIpc) is 3.84. The number of benzene rings is 11. The van der Waals surface area contributed by atoms with Gasteiger partial charge in [-0.05, 0) is 123 Å². The predicted octanol–water partition coefficient (Wildman–Crippen LogP) is 17.4. The highest BCUT2D eigenvalue weighted by Crippen LogP contribution is 2.45. The van der Waals surface area contributed by atoms with Crippen LogP contribution in [0.4, 0.5) is 0 Å². The summed E-state index contributed by atoms with van der Waals surface area (Å²) in [6.07, 6.45) is 0. The molecule has 14 aromatic rings. The molecule has 0 aliphatic carbocycles. The summed E-state index contributed by atoms with van der Waals surface area (Å²) in [5, 5.41) is 16.5. The summed E-state index contributed by atoms with van der Waals surface area (Å²) >= 11 is 1.79. The lowest BCUT2D eigenvalue weighted by molar-refractivity contribution is 1.07. The van der Waals surface area contributed by atoms with E-state index in [1.165, 1.54) is 85.2 Å². The molecule has 14 rings (SSSR count). The molecule has 0 amide bonds. The molecule has 0 spiro atoms. The van der Waals surface area contributed by atoms with Crippen molar-refractivity contribution in [2.45, 2.75) is 0 Å². The molecule has 67 heavy (non-hydrogen) atoms. The van der Waals surface area contributed by atoms with Gasteiger partial charge >= 0.3 is 0 Å². The monoisotopic (exact) mass is 867 g/mol. The van der Waals surface area contributed by atoms with Gasteiger partial charge in [0.2, 0.25) is 0 Å². The van der Waals surface area contributed by atoms with Crippen LogP contribution in [0.15, 0.2) is 224 Å². The Morgan fingerprint density at radius 3 is 1.40 bits per heavy atom. The Labute approximate surface area is 390 Å². The normalized spacial score (nSPS) is 11.9. The summed E-state index contributed by atoms with van der Waals surface area (Å²) in [4.78, 5) is 17.0. The second kappa shape index (κ2) is 15.0. The minimum Gasteiger partial charge on any atom is -0.208 e. The van der Waals surface area contributed by atoms with E-state index in [-0.39, 0.29) is 0 Å². The molecule has 0 aliphatic rings. The predicted molar refractivity (Wildman–Crippen MR) is 284 cm³/mol. The molecule has 0 radical (unpaired) electrons. The van der Waals surface area contributed by atoms with Crippen LogP contribution in [0, 0.1) is 0 Å². The third-order valence-corrected chi connectivity index (χ3v) is 14.8. The van der Waals surface area contributed by atoms with Gasteiger partial charge in [-0.1, -0.05) is 194 Å². The van der Waals surface area contributed by atoms with Crippen LogP contribution in [0.1, 0.15) is 0 Å². The zero-order chi connectivity index (χ0) is 44.0. The summed E-state index contributed by atoms with van der Waals surface area (Å²) in [5.74, 6) is 1.90. The van der Waals surface area contributed by atoms with Gasteiger partial charge in [-0.3, -0.25) is 0 Å². The van der Waals surface area contributed by atoms with E-state index >= 15 is 0 Å². The third kappa shape index (κ3) is 6.07. The summed E-state index contributed by atoms with van der Waals surface area (Å²) in [5.41, 5.74) is 8.41. The van der Waals surface area contributed by atoms with E-state index in [2.05, 4.69) is 206 Å². The maximum absolute atomic E-state index is 5.34. The standard InChI is InChI=1S/C63H37N3S/c1-2-14-41(15-3-1)61-64-62(66-63(65-61)53-25-8-6-23-48(53)56-37-44-16-4-9-29-55(44)67-56)52-24-7-5-22-47(52)43-21-10-20-42(34-43)46-35-45-33-32-40-18-12-27-50-49-26-11-17-38-30-31-39-19-13-28-51(59(39)57(38)49)54(36-46)60(45)58(40)50/h1-37H. The zero-order valence-corrected chi connectivity index (χ0v) is 36.9. The Hall–Kier alpha value is -8.57. The molecule has 310 valence electrons. The number of hydrogen-bond donors (Lipinski definition) is 0. The molecule has 0 fully saturated rings. The van der Waals surface area contributed by atoms with Crippen molar-refractivity contribution in [2.24, 2.45) is 0 Å². The van der Waals surface area contributed by atoms with E-state index in [0.29, 0.717) is 17.5 Å². The quantitative estimate of drug-likeness (QED) is 0.156. The van der Waals surface area contributed by atoms with Gasteiger partial charge in [-0.15, -0.1) is 11.3 Å². The van der Waals surface area contributed by atoms with E-state index < -0.39 is 0 Å². The SMILES string of the molecule is c1ccc(-c2nc(-c3ccccc3-c3cccc(-c4cc5ccc6cccc7c8cccc9ccc%10cccc(c(c4)c5c67)c%10c98)c3)nc(-c3ccccc3-c3cc4ccccc4s3)n2)cc1. The fourth-order valence-corrected chi connectivity index (χ4v) is 11.7. The van der Waals surface area contributed by atoms with Crippen LogP contribution in [-0.4, -0.2) is 15.0 Å². The minimum atomic E-state index is 0.628. The molecule has 2 heterocycles. The summed E-state index contributed by atoms with van der Waals surface area (Å²) in [6.45, 7) is 0. The highest BCUT2D eigenvalue weighted by molar-refractivity contribution is 7.22. The molecule has 0 saturated carbocycles. The van der Waals surface area contributed by atoms with Crippen molar-refractivity contribution in [2.75, 3.05) is 0 Å². The summed E-state index contributed by atoms with van der Waals surface area (Å²) in [6, 6.07) is 81.3. The second-order valence-electron chi connectivity index (χ2n) is 17.5. The maximum Gasteiger partial charge on any atom is 0.164 e. The van der Waals surface area contributed by atoms with E-state index in [1.54, 1.807) is 11.3 Å². The molecule has 0 N–H and O–H groups in total. The smallest absolute Gasteiger partial charge is 0.164 e. The van der Waals surface area contributed by atoms with Gasteiger partial charge in [0.15, 0.2) is 17.5 Å². The molecule has 0 unspecified atom stereocenters. The largest absolute Gasteiger partial charge is 0.208 e. The van der Waals surface area contributed by atoms with Gasteiger partial charge in [0.05, 0.1) is 0 Å². The molecule has 0 atom stereocenters. The van der Waals surface area contributed by atoms with Gasteiger partial charge in [-0.2, -0.15) is 0 Å². The Bertz CT molecular complexity index is 4240. The Morgan fingerprint density at radius 2 is 0.731 bits per heavy atom. The van der Waals surface area contributed by atoms with Gasteiger partial charge < -0.3 is 0 Å². The molecule has 0 saturated heterocycles. The average molecular weight is 868 g/mol. The number of nitrogens with zero attached hydrogens (tertiary/aromatic N) is 3. The van der Waals surface area contributed by atoms with Crippen molar-refractivity contribution >= 4 is 86.1 Å². The van der Waals surface area contributed by atoms with E-state index in [4.69, 9.17) is 15.0 Å². The first-order valence-electron chi connectivity index (χ1n) is 22.7. The van der Waals surface area contributed by atoms with Crippen LogP contribution < -0.4 is 0 Å². The van der Waals surface area contributed by atoms with Crippen LogP contribution in [-0.2, 0) is 0 Å². The first kappa shape index (κ1) is 37.8. The van der Waals surface area contributed by atoms with Gasteiger partial charge in [-0.25, -0.2) is 15.0 Å². The summed E-state index contributed by atoms with van der Waals surface area (Å²) in [7, 11) is 0. The number of rotatable bonds is 6. The lowest BCUT2D eigenvalue weighted by Gasteiger charge is -2.17. The molecule has 4 heteroatoms. The van der Waals surface area contributed by atoms with Crippen molar-refractivity contribution < 1.29 is 0 Å². The number of aromatic nitrogens is 3. The molecule has 0 bridgehead atoms. The van der Waals surface area contributed by atoms with Crippen molar-refractivity contribution in [3.8, 4) is 66.9 Å². The Balaban J connectivity index is 0.963. The van der Waals surface area contributed by atoms with E-state index in [9.17, 15) is 0 Å². The summed E-state index contributed by atoms with van der Waals surface area (Å²) < 4.78 is 1.25. The number of thiophene rings is 1. The van der Waals surface area contributed by atoms with E-state index in [0.717, 1.165) is 38.9 Å². The third-order valence-electron chi connectivity index (χ3n) is 13.6. The molecular weight excluding hydrogens is 831 g/mol. The zero-order valence-electron chi connectivity index (χ0n) is 36.1. The molecule has 3 nitrogen and oxygen atoms in total. The Kier molecular flexibility index (Phi) is 8.45. The highest BCUT2D eigenvalue weighted by atomic mass is 32.1. The van der Waals surface area contributed by atoms with Crippen molar-refractivity contribution in [1.29, 1.82) is 0 Å². The fourth-order valence-electron chi connectivity index (χ4n) is 10.6. The van der Waals surface area contributed by atoms with Crippen LogP contribution in [0.5, 0.6) is 0 Å². The molecule has 0 aliphatic heterocycles. The Morgan fingerprint density at radius 1 is 0.254 bits per heavy atom. The molecule has 2 aromatic heterocycles. The van der Waals surface area contributed by atoms with Crippen LogP contribution in [0.3, 0.4) is 0 Å². The van der Waals surface area contributed by atoms with Gasteiger partial charge in [0.1, 0.15) is 0 Å². The molecular formula is C63H37N3S. The first-order chi connectivity index (χ1) is 33.2. The van der Waals surface area contributed by atoms with Crippen molar-refractivity contribution in [3.05, 3.63) is 224 Å². The first-order valence-corrected chi connectivity index (χ1v) is 23.6. The lowest BCUT2D eigenvalue weighted by atomic mass is 9.86. The minimum absolute atomic E-state index is 0.628. The van der Waals surface area contributed by atoms with Gasteiger partial charge in [0, 0.05) is 31.8 Å². The number of hydrogen-bond acceptors (Lipinski definition) is 4. The second-order valence-corrected chi connectivity index (χ2v) is 18.5. The van der Waals surface area contributed by atoms with Gasteiger partial charge in [0.25, 0.3) is 0 Å². The molecule has 12 aromatic carbocycles. The fraction of sp³-hybridized carbons (Fsp3) is 0. The highest BCUT2D eigenvalue weighted by Gasteiger charge is 2.20.